The van der Waals surface area contributed by atoms with Crippen LogP contribution in [-0.4, -0.2) is 20.4 Å². The zero-order valence-electron chi connectivity index (χ0n) is 10.5. The lowest BCUT2D eigenvalue weighted by atomic mass is 10.1. The Morgan fingerprint density at radius 1 is 1.14 bits per heavy atom. The van der Waals surface area contributed by atoms with Gasteiger partial charge in [-0.1, -0.05) is 6.07 Å². The number of hydrogen-bond donors (Lipinski definition) is 2. The van der Waals surface area contributed by atoms with Crippen molar-refractivity contribution < 1.29 is 27.3 Å². The molecule has 0 atom stereocenters. The molecule has 114 valence electrons. The van der Waals surface area contributed by atoms with E-state index in [1.54, 1.807) is 0 Å². The summed E-state index contributed by atoms with van der Waals surface area (Å²) in [7, 11) is 0. The summed E-state index contributed by atoms with van der Waals surface area (Å²) in [6.45, 7) is 0. The third-order valence-electron chi connectivity index (χ3n) is 2.80. The van der Waals surface area contributed by atoms with Crippen LogP contribution in [0.4, 0.5) is 28.9 Å². The molecule has 0 radical (unpaired) electrons. The molecule has 0 saturated heterocycles. The molecular weight excluding hydrogens is 308 g/mol. The van der Waals surface area contributed by atoms with E-state index in [0.717, 1.165) is 12.1 Å². The molecular formula is C12H6F4N4O2. The number of benzene rings is 1. The first-order valence-corrected chi connectivity index (χ1v) is 5.81. The van der Waals surface area contributed by atoms with E-state index in [1.165, 1.54) is 6.07 Å². The first-order chi connectivity index (χ1) is 10.4. The number of pyridine rings is 1. The highest BCUT2D eigenvalue weighted by atomic mass is 19.4. The quantitative estimate of drug-likeness (QED) is 0.707. The van der Waals surface area contributed by atoms with Crippen LogP contribution >= 0.6 is 0 Å². The van der Waals surface area contributed by atoms with Crippen LogP contribution < -0.4 is 5.32 Å². The van der Waals surface area contributed by atoms with Gasteiger partial charge in [0.25, 0.3) is 0 Å². The number of hydrogen-bond acceptors (Lipinski definition) is 6. The first-order valence-electron chi connectivity index (χ1n) is 5.81. The fraction of sp³-hybridized carbons (Fsp3) is 0.0833. The highest BCUT2D eigenvalue weighted by molar-refractivity contribution is 5.78. The molecule has 2 N–H and O–H groups in total. The summed E-state index contributed by atoms with van der Waals surface area (Å²) in [5.74, 6) is -2.08. The molecule has 2 aromatic heterocycles. The maximum atomic E-state index is 13.9. The lowest BCUT2D eigenvalue weighted by molar-refractivity contribution is -0.139. The monoisotopic (exact) mass is 314 g/mol. The number of nitrogens with zero attached hydrogens (tertiary/aromatic N) is 3. The Balaban J connectivity index is 2.03. The van der Waals surface area contributed by atoms with Gasteiger partial charge in [0.1, 0.15) is 5.69 Å². The van der Waals surface area contributed by atoms with Crippen molar-refractivity contribution in [3.8, 4) is 5.88 Å². The normalized spacial score (nSPS) is 11.8. The van der Waals surface area contributed by atoms with Crippen molar-refractivity contribution in [2.75, 3.05) is 5.32 Å². The molecule has 0 aliphatic carbocycles. The molecule has 0 aliphatic heterocycles. The van der Waals surface area contributed by atoms with Crippen LogP contribution in [0.25, 0.3) is 11.2 Å². The number of nitrogens with one attached hydrogen (secondary N) is 1. The van der Waals surface area contributed by atoms with Gasteiger partial charge in [0.05, 0.1) is 11.3 Å². The molecule has 22 heavy (non-hydrogen) atoms. The van der Waals surface area contributed by atoms with Crippen molar-refractivity contribution in [3.63, 3.8) is 0 Å². The topological polar surface area (TPSA) is 84.1 Å². The van der Waals surface area contributed by atoms with Crippen LogP contribution in [-0.2, 0) is 6.18 Å². The van der Waals surface area contributed by atoms with Gasteiger partial charge in [-0.2, -0.15) is 18.2 Å². The Morgan fingerprint density at radius 3 is 2.64 bits per heavy atom. The highest BCUT2D eigenvalue weighted by Gasteiger charge is 2.35. The maximum absolute atomic E-state index is 13.9. The van der Waals surface area contributed by atoms with Gasteiger partial charge in [0.2, 0.25) is 11.5 Å². The summed E-state index contributed by atoms with van der Waals surface area (Å²) in [4.78, 5) is 3.61. The molecule has 0 fully saturated rings. The molecule has 2 heterocycles. The highest BCUT2D eigenvalue weighted by Crippen LogP contribution is 2.36. The smallest absolute Gasteiger partial charge is 0.419 e. The van der Waals surface area contributed by atoms with Gasteiger partial charge in [-0.3, -0.25) is 0 Å². The second kappa shape index (κ2) is 4.83. The minimum Gasteiger partial charge on any atom is -0.492 e. The molecule has 0 spiro atoms. The van der Waals surface area contributed by atoms with E-state index >= 15 is 0 Å². The molecule has 0 aliphatic rings. The average molecular weight is 314 g/mol. The van der Waals surface area contributed by atoms with Crippen molar-refractivity contribution in [3.05, 3.63) is 35.6 Å². The molecule has 6 nitrogen and oxygen atoms in total. The van der Waals surface area contributed by atoms with E-state index in [4.69, 9.17) is 0 Å². The van der Waals surface area contributed by atoms with E-state index in [1.807, 2.05) is 0 Å². The predicted molar refractivity (Wildman–Crippen MR) is 65.9 cm³/mol. The third-order valence-corrected chi connectivity index (χ3v) is 2.80. The summed E-state index contributed by atoms with van der Waals surface area (Å²) in [6.07, 6.45) is -4.83. The summed E-state index contributed by atoms with van der Waals surface area (Å²) in [5, 5.41) is 18.9. The number of aromatic hydroxyl groups is 1. The Labute approximate surface area is 119 Å². The zero-order chi connectivity index (χ0) is 15.9. The number of halogens is 4. The summed E-state index contributed by atoms with van der Waals surface area (Å²) < 4.78 is 56.3. The van der Waals surface area contributed by atoms with Crippen LogP contribution in [0.3, 0.4) is 0 Å². The molecule has 10 heteroatoms. The van der Waals surface area contributed by atoms with Crippen LogP contribution in [0, 0.1) is 5.82 Å². The summed E-state index contributed by atoms with van der Waals surface area (Å²) in [5.41, 5.74) is -1.88. The van der Waals surface area contributed by atoms with E-state index in [0.29, 0.717) is 6.07 Å². The summed E-state index contributed by atoms with van der Waals surface area (Å²) >= 11 is 0. The predicted octanol–water partition coefficient (Wildman–Crippen LogP) is 3.22. The van der Waals surface area contributed by atoms with Crippen LogP contribution in [0.5, 0.6) is 5.88 Å². The molecule has 1 aromatic carbocycles. The minimum absolute atomic E-state index is 0.00700. The molecule has 3 rings (SSSR count). The molecule has 0 unspecified atom stereocenters. The number of alkyl halides is 3. The van der Waals surface area contributed by atoms with Gasteiger partial charge in [-0.25, -0.2) is 9.02 Å². The fourth-order valence-corrected chi connectivity index (χ4v) is 1.81. The van der Waals surface area contributed by atoms with Gasteiger partial charge in [-0.15, -0.1) is 0 Å². The van der Waals surface area contributed by atoms with Gasteiger partial charge in [0.15, 0.2) is 11.3 Å². The van der Waals surface area contributed by atoms with Crippen molar-refractivity contribution in [2.24, 2.45) is 0 Å². The lowest BCUT2D eigenvalue weighted by Gasteiger charge is -2.13. The van der Waals surface area contributed by atoms with E-state index in [-0.39, 0.29) is 16.9 Å². The number of fused-ring (bicyclic) bond motifs is 1. The number of aromatic nitrogens is 3. The molecule has 0 saturated carbocycles. The molecule has 3 aromatic rings. The summed E-state index contributed by atoms with van der Waals surface area (Å²) in [6, 6.07) is 3.96. The molecule has 0 bridgehead atoms. The average Bonchev–Trinajstić information content (AvgIpc) is 2.87. The number of anilines is 2. The fourth-order valence-electron chi connectivity index (χ4n) is 1.81. The van der Waals surface area contributed by atoms with Crippen LogP contribution in [0.2, 0.25) is 0 Å². The van der Waals surface area contributed by atoms with Gasteiger partial charge >= 0.3 is 6.18 Å². The van der Waals surface area contributed by atoms with Gasteiger partial charge < -0.3 is 10.4 Å². The standard InChI is InChI=1S/C12H6F4N4O2/c13-9-5(12(14,15)16)2-1-3-6(9)17-8-4-7-10(18-11(8)21)20-22-19-7/h1-4,17H,(H,18,20,21). The molecule has 0 amide bonds. The van der Waals surface area contributed by atoms with E-state index in [2.05, 4.69) is 25.2 Å². The van der Waals surface area contributed by atoms with Gasteiger partial charge in [-0.05, 0) is 22.4 Å². The Morgan fingerprint density at radius 2 is 1.91 bits per heavy atom. The van der Waals surface area contributed by atoms with Gasteiger partial charge in [0, 0.05) is 6.07 Å². The van der Waals surface area contributed by atoms with E-state index in [9.17, 15) is 22.7 Å². The van der Waals surface area contributed by atoms with Crippen molar-refractivity contribution in [2.45, 2.75) is 6.18 Å². The number of rotatable bonds is 2. The second-order valence-corrected chi connectivity index (χ2v) is 4.26. The Bertz CT molecular complexity index is 847. The second-order valence-electron chi connectivity index (χ2n) is 4.26. The van der Waals surface area contributed by atoms with Crippen molar-refractivity contribution in [1.82, 2.24) is 15.3 Å². The maximum Gasteiger partial charge on any atom is 0.419 e. The largest absolute Gasteiger partial charge is 0.492 e. The van der Waals surface area contributed by atoms with Crippen molar-refractivity contribution in [1.29, 1.82) is 0 Å². The zero-order valence-corrected chi connectivity index (χ0v) is 10.5. The minimum atomic E-state index is -4.83. The lowest BCUT2D eigenvalue weighted by Crippen LogP contribution is -2.09. The SMILES string of the molecule is Oc1nc2nonc2cc1Nc1cccc(C(F)(F)F)c1F. The Kier molecular flexibility index (Phi) is 3.08. The third kappa shape index (κ3) is 2.38. The van der Waals surface area contributed by atoms with Crippen LogP contribution in [0.1, 0.15) is 5.56 Å². The van der Waals surface area contributed by atoms with Crippen LogP contribution in [0.15, 0.2) is 28.9 Å². The van der Waals surface area contributed by atoms with Crippen molar-refractivity contribution >= 4 is 22.5 Å². The van der Waals surface area contributed by atoms with E-state index < -0.39 is 29.1 Å². The Hall–Kier alpha value is -2.91. The first kappa shape index (κ1) is 14.0.